The molecule has 0 bridgehead atoms. The third-order valence-corrected chi connectivity index (χ3v) is 35.5. The number of aliphatic hydroxyl groups is 6. The van der Waals surface area contributed by atoms with Gasteiger partial charge in [0, 0.05) is 6.42 Å². The quantitative estimate of drug-likeness (QED) is 0.0300. The van der Waals surface area contributed by atoms with E-state index in [2.05, 4.69) is 88.7 Å². The molecule has 17 rings (SSSR count). The summed E-state index contributed by atoms with van der Waals surface area (Å²) in [5.74, 6) is -3.38. The number of hydrogen-bond donors (Lipinski definition) is 16. The molecule has 3 saturated heterocycles. The molecular formula is C69H74Cl3F3N19O24P3S3. The van der Waals surface area contributed by atoms with Gasteiger partial charge in [0.15, 0.2) is 70.1 Å². The molecule has 3 aliphatic heterocycles. The molecular weight excluding hydrogens is 1830 g/mol. The fourth-order valence-corrected chi connectivity index (χ4v) is 27.7. The molecule has 0 spiro atoms. The molecule has 3 aliphatic carbocycles. The Labute approximate surface area is 713 Å². The van der Waals surface area contributed by atoms with E-state index in [0.29, 0.717) is 33.4 Å². The van der Waals surface area contributed by atoms with Gasteiger partial charge in [-0.15, -0.1) is 10.2 Å². The fourth-order valence-electron chi connectivity index (χ4n) is 16.1. The first-order chi connectivity index (χ1) is 58.4. The van der Waals surface area contributed by atoms with Crippen LogP contribution in [0.1, 0.15) is 106 Å². The Morgan fingerprint density at radius 3 is 1.15 bits per heavy atom. The number of benzene rings is 4. The zero-order chi connectivity index (χ0) is 88.8. The van der Waals surface area contributed by atoms with Gasteiger partial charge in [0.1, 0.15) is 72.4 Å². The van der Waals surface area contributed by atoms with Gasteiger partial charge in [-0.05, 0) is 112 Å². The van der Waals surface area contributed by atoms with Gasteiger partial charge in [-0.25, -0.2) is 39.3 Å². The molecule has 16 N–H and O–H groups in total. The molecule has 18 atom stereocenters. The van der Waals surface area contributed by atoms with Crippen molar-refractivity contribution in [3.8, 4) is 0 Å². The minimum absolute atomic E-state index is 0.00285. The Hall–Kier alpha value is -8.40. The van der Waals surface area contributed by atoms with Crippen molar-refractivity contribution in [3.05, 3.63) is 182 Å². The van der Waals surface area contributed by atoms with Gasteiger partial charge < -0.3 is 90.2 Å². The van der Waals surface area contributed by atoms with Crippen LogP contribution < -0.4 is 16.0 Å². The number of rotatable bonds is 24. The van der Waals surface area contributed by atoms with Crippen LogP contribution in [0.25, 0.3) is 33.1 Å². The van der Waals surface area contributed by atoms with Crippen molar-refractivity contribution in [2.45, 2.75) is 158 Å². The van der Waals surface area contributed by atoms with Crippen LogP contribution >= 0.6 is 57.6 Å². The SMILES string of the molecule is O=P(O)(O)C(C(F)(F)F)S(=O)(=O)C[C@H]1O[C@@H](n2ncc3c(NC4CCc5ccccc54)nc(Cl)nc32)[C@H](O)[C@@H]1O.O=P(O)(O)C(Cc1ccccc1)S(=O)(=O)C[C@H]1O[C@@H](n2ncc3c(NC4CCc5ccccc54)nc(Cl)nc32)[C@H](O)[C@@H]1O.O=P(O)(O)C(c1nn[nH]n1)S(=O)(=O)C[C@H]1O[C@@H](n2ncc3c(NC4CCc5ccccc54)nc(Cl)nc32)[C@H](O)[C@@H]1O. The number of sulfone groups is 3. The van der Waals surface area contributed by atoms with E-state index in [1.54, 1.807) is 30.3 Å². The maximum Gasteiger partial charge on any atom is 0.417 e. The number of alkyl halides is 3. The zero-order valence-corrected chi connectivity index (χ0v) is 70.7. The summed E-state index contributed by atoms with van der Waals surface area (Å²) in [4.78, 5) is 74.3. The lowest BCUT2D eigenvalue weighted by atomic mass is 10.1. The fraction of sp³-hybridized carbons (Fsp3) is 0.420. The average molecular weight is 1910 g/mol. The van der Waals surface area contributed by atoms with E-state index in [4.69, 9.17) is 58.8 Å². The third-order valence-electron chi connectivity index (χ3n) is 21.7. The lowest BCUT2D eigenvalue weighted by Gasteiger charge is -2.23. The third kappa shape index (κ3) is 18.6. The number of ether oxygens (including phenoxy) is 3. The summed E-state index contributed by atoms with van der Waals surface area (Å²) in [5.41, 5.74) is 7.66. The van der Waals surface area contributed by atoms with Crippen LogP contribution in [0.4, 0.5) is 30.6 Å². The second-order valence-corrected chi connectivity index (χ2v) is 43.6. The number of H-pyrrole nitrogens is 1. The van der Waals surface area contributed by atoms with Crippen molar-refractivity contribution in [3.63, 3.8) is 0 Å². The first kappa shape index (κ1) is 90.4. The molecule has 664 valence electrons. The first-order valence-electron chi connectivity index (χ1n) is 37.4. The number of nitrogens with zero attached hydrogens (tertiary/aromatic N) is 15. The van der Waals surface area contributed by atoms with Crippen molar-refractivity contribution in [1.29, 1.82) is 0 Å². The Balaban J connectivity index is 0.000000144. The predicted octanol–water partition coefficient (Wildman–Crippen LogP) is 4.04. The molecule has 10 heterocycles. The molecule has 6 unspecified atom stereocenters. The molecule has 7 aromatic heterocycles. The molecule has 4 aromatic carbocycles. The molecule has 3 fully saturated rings. The van der Waals surface area contributed by atoms with E-state index >= 15 is 0 Å². The van der Waals surface area contributed by atoms with Gasteiger partial charge in [0.25, 0.3) is 4.99 Å². The van der Waals surface area contributed by atoms with Crippen molar-refractivity contribution in [1.82, 2.24) is 79.9 Å². The summed E-state index contributed by atoms with van der Waals surface area (Å²) in [6.45, 7) is 0. The number of anilines is 3. The second-order valence-electron chi connectivity index (χ2n) is 29.9. The number of aromatic nitrogens is 16. The van der Waals surface area contributed by atoms with E-state index in [1.807, 2.05) is 65.9 Å². The monoisotopic (exact) mass is 1900 g/mol. The number of fused-ring (bicyclic) bond motifs is 6. The van der Waals surface area contributed by atoms with E-state index in [9.17, 15) is 102 Å². The minimum Gasteiger partial charge on any atom is -0.387 e. The number of aryl methyl sites for hydroxylation is 3. The van der Waals surface area contributed by atoms with Crippen molar-refractivity contribution < 1.29 is 126 Å². The van der Waals surface area contributed by atoms with Gasteiger partial charge >= 0.3 is 29.0 Å². The molecule has 124 heavy (non-hydrogen) atoms. The van der Waals surface area contributed by atoms with Crippen LogP contribution in [0, 0.1) is 0 Å². The Kier molecular flexibility index (Phi) is 25.5. The highest BCUT2D eigenvalue weighted by molar-refractivity contribution is 7.99. The van der Waals surface area contributed by atoms with E-state index in [1.165, 1.54) is 34.4 Å². The molecule has 43 nitrogen and oxygen atoms in total. The predicted molar refractivity (Wildman–Crippen MR) is 430 cm³/mol. The Morgan fingerprint density at radius 2 is 0.815 bits per heavy atom. The largest absolute Gasteiger partial charge is 0.417 e. The molecule has 0 saturated carbocycles. The number of halogens is 6. The lowest BCUT2D eigenvalue weighted by Crippen LogP contribution is -2.43. The van der Waals surface area contributed by atoms with Gasteiger partial charge in [0.05, 0.1) is 70.1 Å². The highest BCUT2D eigenvalue weighted by Crippen LogP contribution is 2.56. The number of nitrogens with one attached hydrogen (secondary N) is 4. The maximum atomic E-state index is 13.3. The topological polar surface area (TPSA) is 645 Å². The first-order valence-corrected chi connectivity index (χ1v) is 48.7. The molecule has 55 heteroatoms. The van der Waals surface area contributed by atoms with Gasteiger partial charge in [0.2, 0.25) is 26.7 Å². The Bertz CT molecular complexity index is 6360. The number of hydrogen-bond acceptors (Lipinski definition) is 33. The van der Waals surface area contributed by atoms with Crippen LogP contribution in [-0.2, 0) is 83.1 Å². The maximum absolute atomic E-state index is 13.3. The summed E-state index contributed by atoms with van der Waals surface area (Å²) in [5, 5.41) is 99.4. The van der Waals surface area contributed by atoms with Crippen LogP contribution in [-0.4, -0.2) is 253 Å². The van der Waals surface area contributed by atoms with Crippen LogP contribution in [0.2, 0.25) is 15.9 Å². The summed E-state index contributed by atoms with van der Waals surface area (Å²) in [6, 6.07) is 31.7. The lowest BCUT2D eigenvalue weighted by molar-refractivity contribution is -0.118. The summed E-state index contributed by atoms with van der Waals surface area (Å²) in [6.07, 6.45) is -17.4. The van der Waals surface area contributed by atoms with Crippen molar-refractivity contribution >= 4 is 138 Å². The normalized spacial score (nSPS) is 25.5. The van der Waals surface area contributed by atoms with E-state index in [-0.39, 0.29) is 56.7 Å². The van der Waals surface area contributed by atoms with Crippen molar-refractivity contribution in [2.24, 2.45) is 0 Å². The average Bonchev–Trinajstić information content (AvgIpc) is 1.65. The molecule has 0 amide bonds. The standard InChI is InChI=1S/C27H29ClN5O8PS.C21H22ClF3N5O8PS.C21H23ClN9O8PS/c28-27-31-24(30-19-11-10-16-8-4-5-9-17(16)19)18-13-29-33(25(18)32-27)26-23(35)22(34)20(41-26)14-43(39,40)21(42(36,37)38)12-15-6-2-1-3-7-15;22-20-28-16(27-12-6-5-9-3-1-2-4-10(9)12)11-7-26-30(17(11)29-20)18-15(32)14(31)13(38-18)8-40(36,37)19(21(23,24)25)39(33,34)35;22-21-25-16(24-12-6-5-9-3-1-2-4-10(9)12)11-7-23-31(18(11)26-21)19-15(33)14(32)13(39-19)8-41(37,38)20(40(34,35)36)17-27-29-30-28-17/h1-9,13,19-23,26,34-35H,10-12,14H2,(H,30,31,32)(H2,36,37,38);1-4,7,12-15,18-19,31-32H,5-6,8H2,(H,27,28,29)(H2,33,34,35);1-4,7,12-15,19-20,32-33H,5-6,8H2,(H,24,25,26)(H2,34,35,36)(H,27,28,29,30)/t19?,20-,21?,22-,23-,26-;12?,13-,14-,15-,18-,19?;12?,13-,14-,15-,19-,20?/m111/s1. The number of aliphatic hydroxyl groups excluding tert-OH is 6. The van der Waals surface area contributed by atoms with Gasteiger partial charge in [-0.3, -0.25) is 13.7 Å². The summed E-state index contributed by atoms with van der Waals surface area (Å²) in [7, 11) is -31.6. The van der Waals surface area contributed by atoms with Crippen LogP contribution in [0.3, 0.4) is 0 Å². The molecule has 6 aliphatic rings. The summed E-state index contributed by atoms with van der Waals surface area (Å²) >= 11 is 18.6. The van der Waals surface area contributed by atoms with Gasteiger partial charge in [-0.1, -0.05) is 108 Å². The second kappa shape index (κ2) is 35.0. The van der Waals surface area contributed by atoms with Gasteiger partial charge in [-0.2, -0.15) is 63.6 Å². The smallest absolute Gasteiger partial charge is 0.387 e. The van der Waals surface area contributed by atoms with Crippen LogP contribution in [0.5, 0.6) is 0 Å². The number of aromatic amines is 1. The molecule has 0 radical (unpaired) electrons. The van der Waals surface area contributed by atoms with Crippen LogP contribution in [0.15, 0.2) is 122 Å². The van der Waals surface area contributed by atoms with Crippen molar-refractivity contribution in [2.75, 3.05) is 33.2 Å². The molecule has 11 aromatic rings. The zero-order valence-electron chi connectivity index (χ0n) is 63.3. The van der Waals surface area contributed by atoms with E-state index < -0.39 is 177 Å². The minimum atomic E-state index is -6.22. The highest BCUT2D eigenvalue weighted by atomic mass is 35.5. The number of tetrazole rings is 1. The van der Waals surface area contributed by atoms with E-state index in [0.717, 1.165) is 70.1 Å². The summed E-state index contributed by atoms with van der Waals surface area (Å²) < 4.78 is 173. The Morgan fingerprint density at radius 1 is 0.468 bits per heavy atom. The highest BCUT2D eigenvalue weighted by Gasteiger charge is 2.61.